The molecule has 1 heterocycles. The van der Waals surface area contributed by atoms with Crippen LogP contribution in [-0.4, -0.2) is 15.8 Å². The fourth-order valence-electron chi connectivity index (χ4n) is 0.801. The molecule has 1 amide bonds. The van der Waals surface area contributed by atoms with Crippen LogP contribution in [0, 0.1) is 10.1 Å². The molecule has 1 rings (SSSR count). The maximum absolute atomic E-state index is 10.7. The molecule has 0 bridgehead atoms. The van der Waals surface area contributed by atoms with Crippen molar-refractivity contribution in [2.45, 2.75) is 0 Å². The minimum atomic E-state index is -0.906. The lowest BCUT2D eigenvalue weighted by molar-refractivity contribution is -0.385. The molecular formula is C6H4ClN3O3. The number of hydrogen-bond acceptors (Lipinski definition) is 4. The third-order valence-electron chi connectivity index (χ3n) is 1.33. The quantitative estimate of drug-likeness (QED) is 0.433. The summed E-state index contributed by atoms with van der Waals surface area (Å²) >= 11 is 5.41. The van der Waals surface area contributed by atoms with Crippen molar-refractivity contribution < 1.29 is 9.72 Å². The monoisotopic (exact) mass is 201 g/mol. The van der Waals surface area contributed by atoms with E-state index in [-0.39, 0.29) is 10.7 Å². The summed E-state index contributed by atoms with van der Waals surface area (Å²) in [5, 5.41) is 10.1. The molecule has 6 nitrogen and oxygen atoms in total. The number of carbonyl (C=O) groups is 1. The molecule has 0 atom stereocenters. The van der Waals surface area contributed by atoms with Gasteiger partial charge in [0.05, 0.1) is 4.92 Å². The van der Waals surface area contributed by atoms with Gasteiger partial charge in [0.2, 0.25) is 5.15 Å². The van der Waals surface area contributed by atoms with Crippen LogP contribution in [0.5, 0.6) is 0 Å². The Balaban J connectivity index is 3.43. The molecule has 0 radical (unpaired) electrons. The van der Waals surface area contributed by atoms with Crippen molar-refractivity contribution in [1.29, 1.82) is 0 Å². The minimum Gasteiger partial charge on any atom is -0.365 e. The summed E-state index contributed by atoms with van der Waals surface area (Å²) < 4.78 is 0. The van der Waals surface area contributed by atoms with Crippen molar-refractivity contribution in [3.63, 3.8) is 0 Å². The van der Waals surface area contributed by atoms with Gasteiger partial charge in [-0.05, 0) is 6.07 Å². The fourth-order valence-corrected chi connectivity index (χ4v) is 1.03. The lowest BCUT2D eigenvalue weighted by Gasteiger charge is -1.98. The van der Waals surface area contributed by atoms with Crippen molar-refractivity contribution in [3.8, 4) is 0 Å². The maximum Gasteiger partial charge on any atom is 0.319 e. The minimum absolute atomic E-state index is 0.245. The first-order valence-electron chi connectivity index (χ1n) is 3.12. The Labute approximate surface area is 77.5 Å². The van der Waals surface area contributed by atoms with Gasteiger partial charge in [0.15, 0.2) is 0 Å². The highest BCUT2D eigenvalue weighted by atomic mass is 35.5. The summed E-state index contributed by atoms with van der Waals surface area (Å²) in [6.07, 6.45) is 1.18. The second-order valence-corrected chi connectivity index (χ2v) is 2.48. The van der Waals surface area contributed by atoms with Crippen LogP contribution in [0.15, 0.2) is 12.3 Å². The van der Waals surface area contributed by atoms with Gasteiger partial charge >= 0.3 is 5.69 Å². The molecule has 0 saturated carbocycles. The second kappa shape index (κ2) is 3.36. The third kappa shape index (κ3) is 1.73. The average Bonchev–Trinajstić information content (AvgIpc) is 2.02. The Morgan fingerprint density at radius 3 is 2.69 bits per heavy atom. The molecule has 0 aliphatic heterocycles. The summed E-state index contributed by atoms with van der Waals surface area (Å²) in [5.41, 5.74) is 4.09. The van der Waals surface area contributed by atoms with Crippen LogP contribution in [0.1, 0.15) is 10.4 Å². The molecule has 68 valence electrons. The molecule has 0 fully saturated rings. The number of rotatable bonds is 2. The van der Waals surface area contributed by atoms with Gasteiger partial charge in [-0.1, -0.05) is 11.6 Å². The summed E-state index contributed by atoms with van der Waals surface area (Å²) in [6.45, 7) is 0. The average molecular weight is 202 g/mol. The van der Waals surface area contributed by atoms with E-state index in [1.54, 1.807) is 0 Å². The standard InChI is InChI=1S/C6H4ClN3O3/c7-5-4(10(12)13)3(6(8)11)1-2-9-5/h1-2H,(H2,8,11). The summed E-state index contributed by atoms with van der Waals surface area (Å²) in [4.78, 5) is 23.8. The van der Waals surface area contributed by atoms with Crippen LogP contribution in [0.2, 0.25) is 5.15 Å². The van der Waals surface area contributed by atoms with Crippen molar-refractivity contribution >= 4 is 23.2 Å². The fraction of sp³-hybridized carbons (Fsp3) is 0. The van der Waals surface area contributed by atoms with Gasteiger partial charge < -0.3 is 5.73 Å². The molecule has 0 aromatic carbocycles. The molecule has 1 aromatic heterocycles. The molecule has 0 unspecified atom stereocenters. The smallest absolute Gasteiger partial charge is 0.319 e. The summed E-state index contributed by atoms with van der Waals surface area (Å²) in [6, 6.07) is 1.15. The number of nitro groups is 1. The number of nitrogens with two attached hydrogens (primary N) is 1. The second-order valence-electron chi connectivity index (χ2n) is 2.12. The van der Waals surface area contributed by atoms with Crippen LogP contribution in [0.4, 0.5) is 5.69 Å². The Morgan fingerprint density at radius 1 is 1.69 bits per heavy atom. The van der Waals surface area contributed by atoms with E-state index in [1.807, 2.05) is 0 Å². The maximum atomic E-state index is 10.7. The summed E-state index contributed by atoms with van der Waals surface area (Å²) in [5.74, 6) is -0.906. The van der Waals surface area contributed by atoms with Gasteiger partial charge in [0, 0.05) is 6.20 Å². The van der Waals surface area contributed by atoms with Crippen LogP contribution in [0.3, 0.4) is 0 Å². The largest absolute Gasteiger partial charge is 0.365 e. The van der Waals surface area contributed by atoms with Crippen molar-refractivity contribution in [3.05, 3.63) is 33.1 Å². The number of carbonyl (C=O) groups excluding carboxylic acids is 1. The zero-order valence-corrected chi connectivity index (χ0v) is 6.99. The number of aromatic nitrogens is 1. The van der Waals surface area contributed by atoms with Crippen molar-refractivity contribution in [2.75, 3.05) is 0 Å². The zero-order chi connectivity index (χ0) is 10.0. The van der Waals surface area contributed by atoms with Crippen LogP contribution >= 0.6 is 11.6 Å². The molecule has 7 heteroatoms. The predicted molar refractivity (Wildman–Crippen MR) is 44.4 cm³/mol. The molecule has 0 spiro atoms. The molecule has 13 heavy (non-hydrogen) atoms. The molecular weight excluding hydrogens is 198 g/mol. The van der Waals surface area contributed by atoms with Crippen molar-refractivity contribution in [2.24, 2.45) is 5.73 Å². The van der Waals surface area contributed by atoms with Gasteiger partial charge in [-0.25, -0.2) is 4.98 Å². The summed E-state index contributed by atoms with van der Waals surface area (Å²) in [7, 11) is 0. The molecule has 0 aliphatic rings. The topological polar surface area (TPSA) is 99.1 Å². The Morgan fingerprint density at radius 2 is 2.31 bits per heavy atom. The highest BCUT2D eigenvalue weighted by molar-refractivity contribution is 6.32. The Bertz CT molecular complexity index is 379. The van der Waals surface area contributed by atoms with E-state index < -0.39 is 16.5 Å². The first kappa shape index (κ1) is 9.40. The van der Waals surface area contributed by atoms with E-state index in [0.29, 0.717) is 0 Å². The molecule has 2 N–H and O–H groups in total. The lowest BCUT2D eigenvalue weighted by atomic mass is 10.2. The van der Waals surface area contributed by atoms with Crippen LogP contribution in [0.25, 0.3) is 0 Å². The highest BCUT2D eigenvalue weighted by Crippen LogP contribution is 2.25. The van der Waals surface area contributed by atoms with E-state index in [1.165, 1.54) is 6.20 Å². The highest BCUT2D eigenvalue weighted by Gasteiger charge is 2.22. The van der Waals surface area contributed by atoms with E-state index in [2.05, 4.69) is 4.98 Å². The zero-order valence-electron chi connectivity index (χ0n) is 6.23. The first-order chi connectivity index (χ1) is 6.04. The number of primary amides is 1. The Kier molecular flexibility index (Phi) is 2.43. The van der Waals surface area contributed by atoms with Gasteiger partial charge in [-0.2, -0.15) is 0 Å². The normalized spacial score (nSPS) is 9.62. The van der Waals surface area contributed by atoms with Gasteiger partial charge in [-0.3, -0.25) is 14.9 Å². The van der Waals surface area contributed by atoms with Crippen LogP contribution < -0.4 is 5.73 Å². The van der Waals surface area contributed by atoms with Gasteiger partial charge in [0.1, 0.15) is 5.56 Å². The first-order valence-corrected chi connectivity index (χ1v) is 3.50. The number of pyridine rings is 1. The van der Waals surface area contributed by atoms with E-state index >= 15 is 0 Å². The molecule has 1 aromatic rings. The van der Waals surface area contributed by atoms with E-state index in [0.717, 1.165) is 6.07 Å². The third-order valence-corrected chi connectivity index (χ3v) is 1.60. The van der Waals surface area contributed by atoms with E-state index in [9.17, 15) is 14.9 Å². The lowest BCUT2D eigenvalue weighted by Crippen LogP contribution is -2.13. The van der Waals surface area contributed by atoms with Gasteiger partial charge in [-0.15, -0.1) is 0 Å². The van der Waals surface area contributed by atoms with Gasteiger partial charge in [0.25, 0.3) is 5.91 Å². The number of amides is 1. The number of halogens is 1. The number of nitrogens with zero attached hydrogens (tertiary/aromatic N) is 2. The number of hydrogen-bond donors (Lipinski definition) is 1. The van der Waals surface area contributed by atoms with Crippen molar-refractivity contribution in [1.82, 2.24) is 4.98 Å². The Hall–Kier alpha value is -1.69. The van der Waals surface area contributed by atoms with Crippen LogP contribution in [-0.2, 0) is 0 Å². The SMILES string of the molecule is NC(=O)c1ccnc(Cl)c1[N+](=O)[O-]. The van der Waals surface area contributed by atoms with E-state index in [4.69, 9.17) is 17.3 Å². The predicted octanol–water partition coefficient (Wildman–Crippen LogP) is 0.742. The molecule has 0 aliphatic carbocycles. The molecule has 0 saturated heterocycles.